The first-order valence-electron chi connectivity index (χ1n) is 8.86. The average molecular weight is 381 g/mol. The van der Waals surface area contributed by atoms with Gasteiger partial charge in [0.25, 0.3) is 0 Å². The molecule has 3 rings (SSSR count). The van der Waals surface area contributed by atoms with Gasteiger partial charge in [-0.1, -0.05) is 24.1 Å². The van der Waals surface area contributed by atoms with Crippen molar-refractivity contribution in [3.05, 3.63) is 64.4 Å². The van der Waals surface area contributed by atoms with Gasteiger partial charge >= 0.3 is 0 Å². The molecule has 1 atom stereocenters. The minimum atomic E-state index is -1.38. The van der Waals surface area contributed by atoms with Gasteiger partial charge in [0.1, 0.15) is 23.5 Å². The molecule has 2 aromatic heterocycles. The number of halogens is 2. The van der Waals surface area contributed by atoms with Gasteiger partial charge in [-0.3, -0.25) is 4.99 Å². The van der Waals surface area contributed by atoms with Crippen molar-refractivity contribution in [3.8, 4) is 11.8 Å². The summed E-state index contributed by atoms with van der Waals surface area (Å²) in [5.41, 5.74) is 7.62. The second kappa shape index (κ2) is 8.28. The van der Waals surface area contributed by atoms with Crippen LogP contribution in [0.5, 0.6) is 0 Å². The van der Waals surface area contributed by atoms with E-state index in [0.717, 1.165) is 16.7 Å². The van der Waals surface area contributed by atoms with E-state index in [-0.39, 0.29) is 18.7 Å². The molecular weight excluding hydrogens is 360 g/mol. The van der Waals surface area contributed by atoms with E-state index in [2.05, 4.69) is 26.8 Å². The smallest absolute Gasteiger partial charge is 0.159 e. The number of hydrogen-bond donors (Lipinski definition) is 1. The van der Waals surface area contributed by atoms with Crippen LogP contribution in [0.25, 0.3) is 10.9 Å². The molecule has 3 aromatic rings. The molecule has 0 fully saturated rings. The quantitative estimate of drug-likeness (QED) is 0.710. The van der Waals surface area contributed by atoms with Crippen molar-refractivity contribution in [2.24, 2.45) is 17.8 Å². The van der Waals surface area contributed by atoms with Crippen molar-refractivity contribution in [1.82, 2.24) is 14.5 Å². The lowest BCUT2D eigenvalue weighted by Gasteiger charge is -2.10. The number of benzene rings is 1. The summed E-state index contributed by atoms with van der Waals surface area (Å²) in [7, 11) is 1.88. The van der Waals surface area contributed by atoms with E-state index in [1.165, 1.54) is 13.0 Å². The summed E-state index contributed by atoms with van der Waals surface area (Å²) in [5.74, 6) is 5.83. The van der Waals surface area contributed by atoms with Crippen LogP contribution < -0.4 is 11.2 Å². The normalized spacial score (nSPS) is 12.7. The lowest BCUT2D eigenvalue weighted by Crippen LogP contribution is -2.17. The van der Waals surface area contributed by atoms with Crippen molar-refractivity contribution in [2.45, 2.75) is 26.6 Å². The number of aromatic nitrogens is 3. The molecule has 0 radical (unpaired) electrons. The first-order valence-corrected chi connectivity index (χ1v) is 8.86. The summed E-state index contributed by atoms with van der Waals surface area (Å²) < 4.78 is 30.0. The Morgan fingerprint density at radius 2 is 2.14 bits per heavy atom. The molecule has 28 heavy (non-hydrogen) atoms. The number of aryl methyl sites for hydroxylation is 2. The molecule has 0 aliphatic rings. The predicted octanol–water partition coefficient (Wildman–Crippen LogP) is 2.86. The van der Waals surface area contributed by atoms with Crippen LogP contribution in [0.4, 0.5) is 8.78 Å². The Morgan fingerprint density at radius 1 is 1.36 bits per heavy atom. The fourth-order valence-corrected chi connectivity index (χ4v) is 2.88. The highest BCUT2D eigenvalue weighted by Gasteiger charge is 2.13. The third-order valence-electron chi connectivity index (χ3n) is 4.49. The molecule has 1 unspecified atom stereocenters. The SMILES string of the molecule is Cc1nc(=NCc2cccc(C(C)F)c2F)c2cc(C#CCN)ncc2n1C. The molecule has 2 N–H and O–H groups in total. The van der Waals surface area contributed by atoms with E-state index < -0.39 is 12.0 Å². The zero-order valence-electron chi connectivity index (χ0n) is 16.0. The summed E-state index contributed by atoms with van der Waals surface area (Å²) in [6.45, 7) is 3.45. The molecule has 0 amide bonds. The van der Waals surface area contributed by atoms with E-state index in [1.54, 1.807) is 24.4 Å². The maximum absolute atomic E-state index is 14.5. The van der Waals surface area contributed by atoms with Gasteiger partial charge in [-0.25, -0.2) is 18.7 Å². The number of nitrogens with two attached hydrogens (primary N) is 1. The van der Waals surface area contributed by atoms with Crippen molar-refractivity contribution in [1.29, 1.82) is 0 Å². The maximum atomic E-state index is 14.5. The van der Waals surface area contributed by atoms with Crippen LogP contribution in [0, 0.1) is 24.6 Å². The summed E-state index contributed by atoms with van der Waals surface area (Å²) in [6.07, 6.45) is 0.321. The van der Waals surface area contributed by atoms with Crippen LogP contribution in [-0.4, -0.2) is 21.1 Å². The minimum absolute atomic E-state index is 0.0321. The van der Waals surface area contributed by atoms with Gasteiger partial charge in [-0.15, -0.1) is 0 Å². The Morgan fingerprint density at radius 3 is 2.86 bits per heavy atom. The highest BCUT2D eigenvalue weighted by atomic mass is 19.1. The van der Waals surface area contributed by atoms with Crippen molar-refractivity contribution >= 4 is 10.9 Å². The first kappa shape index (κ1) is 19.6. The Hall–Kier alpha value is -3.11. The van der Waals surface area contributed by atoms with E-state index >= 15 is 0 Å². The summed E-state index contributed by atoms with van der Waals surface area (Å²) in [4.78, 5) is 13.4. The fraction of sp³-hybridized carbons (Fsp3) is 0.286. The minimum Gasteiger partial charge on any atom is -0.331 e. The van der Waals surface area contributed by atoms with E-state index in [0.29, 0.717) is 16.7 Å². The number of alkyl halides is 1. The van der Waals surface area contributed by atoms with E-state index in [9.17, 15) is 8.78 Å². The van der Waals surface area contributed by atoms with E-state index in [1.807, 2.05) is 18.5 Å². The van der Waals surface area contributed by atoms with Crippen molar-refractivity contribution < 1.29 is 8.78 Å². The first-order chi connectivity index (χ1) is 13.4. The molecule has 0 saturated heterocycles. The highest BCUT2D eigenvalue weighted by molar-refractivity contribution is 5.78. The Balaban J connectivity index is 2.14. The molecule has 1 aromatic carbocycles. The second-order valence-electron chi connectivity index (χ2n) is 6.39. The number of fused-ring (bicyclic) bond motifs is 1. The molecular formula is C21H21F2N5. The van der Waals surface area contributed by atoms with E-state index in [4.69, 9.17) is 5.73 Å². The van der Waals surface area contributed by atoms with Crippen LogP contribution >= 0.6 is 0 Å². The molecule has 144 valence electrons. The lowest BCUT2D eigenvalue weighted by atomic mass is 10.1. The summed E-state index contributed by atoms with van der Waals surface area (Å²) in [5, 5.41) is 0.750. The van der Waals surface area contributed by atoms with Gasteiger partial charge in [0, 0.05) is 23.6 Å². The maximum Gasteiger partial charge on any atom is 0.159 e. The zero-order chi connectivity index (χ0) is 20.3. The second-order valence-corrected chi connectivity index (χ2v) is 6.39. The van der Waals surface area contributed by atoms with Gasteiger partial charge in [0.15, 0.2) is 5.49 Å². The van der Waals surface area contributed by atoms with Crippen LogP contribution in [0.1, 0.15) is 35.7 Å². The van der Waals surface area contributed by atoms with Crippen LogP contribution in [-0.2, 0) is 13.6 Å². The zero-order valence-corrected chi connectivity index (χ0v) is 16.0. The summed E-state index contributed by atoms with van der Waals surface area (Å²) >= 11 is 0. The number of pyridine rings is 1. The van der Waals surface area contributed by atoms with Gasteiger partial charge < -0.3 is 10.3 Å². The third-order valence-corrected chi connectivity index (χ3v) is 4.49. The molecule has 2 heterocycles. The number of hydrogen-bond acceptors (Lipinski definition) is 4. The number of rotatable bonds is 3. The Labute approximate surface area is 162 Å². The lowest BCUT2D eigenvalue weighted by molar-refractivity contribution is 0.360. The molecule has 5 nitrogen and oxygen atoms in total. The van der Waals surface area contributed by atoms with Gasteiger partial charge in [0.2, 0.25) is 0 Å². The predicted molar refractivity (Wildman–Crippen MR) is 104 cm³/mol. The van der Waals surface area contributed by atoms with Gasteiger partial charge in [-0.2, -0.15) is 0 Å². The van der Waals surface area contributed by atoms with Crippen LogP contribution in [0.2, 0.25) is 0 Å². The Kier molecular flexibility index (Phi) is 5.81. The van der Waals surface area contributed by atoms with Gasteiger partial charge in [0.05, 0.1) is 24.8 Å². The standard InChI is InChI=1S/C21H21F2N5/c1-13(22)17-8-4-6-15(20(17)23)11-26-21-18-10-16(7-5-9-24)25-12-19(18)28(3)14(2)27-21/h4,6,8,10,12-13H,9,11,24H2,1-3H3. The summed E-state index contributed by atoms with van der Waals surface area (Å²) in [6, 6.07) is 6.46. The monoisotopic (exact) mass is 381 g/mol. The van der Waals surface area contributed by atoms with Gasteiger partial charge in [-0.05, 0) is 25.8 Å². The van der Waals surface area contributed by atoms with Crippen LogP contribution in [0.15, 0.2) is 35.5 Å². The van der Waals surface area contributed by atoms with Crippen molar-refractivity contribution in [3.63, 3.8) is 0 Å². The molecule has 0 aliphatic carbocycles. The average Bonchev–Trinajstić information content (AvgIpc) is 2.68. The molecule has 0 saturated carbocycles. The molecule has 0 spiro atoms. The Bertz CT molecular complexity index is 1150. The largest absolute Gasteiger partial charge is 0.331 e. The molecule has 0 bridgehead atoms. The molecule has 0 aliphatic heterocycles. The molecule has 7 heteroatoms. The highest BCUT2D eigenvalue weighted by Crippen LogP contribution is 2.22. The third kappa shape index (κ3) is 3.92. The fourth-order valence-electron chi connectivity index (χ4n) is 2.88. The van der Waals surface area contributed by atoms with Crippen LogP contribution in [0.3, 0.4) is 0 Å². The van der Waals surface area contributed by atoms with Crippen molar-refractivity contribution in [2.75, 3.05) is 6.54 Å². The number of nitrogens with zero attached hydrogens (tertiary/aromatic N) is 4. The topological polar surface area (TPSA) is 69.1 Å².